The Labute approximate surface area is 124 Å². The van der Waals surface area contributed by atoms with Crippen molar-refractivity contribution in [1.82, 2.24) is 0 Å². The number of fused-ring (bicyclic) bond motifs is 3. The van der Waals surface area contributed by atoms with Gasteiger partial charge in [-0.15, -0.1) is 0 Å². The van der Waals surface area contributed by atoms with Gasteiger partial charge in [-0.25, -0.2) is 13.2 Å². The fraction of sp³-hybridized carbons (Fsp3) is 1.00. The molecule has 0 aromatic heterocycles. The number of hydrogen-bond donors (Lipinski definition) is 1. The maximum atomic E-state index is 14.5. The number of rotatable bonds is 3. The maximum absolute atomic E-state index is 14.5. The van der Waals surface area contributed by atoms with E-state index in [0.29, 0.717) is 38.5 Å². The molecule has 4 aliphatic carbocycles. The quantitative estimate of drug-likeness (QED) is 0.858. The molecule has 1 unspecified atom stereocenters. The van der Waals surface area contributed by atoms with E-state index in [-0.39, 0.29) is 18.8 Å². The normalized spacial score (nSPS) is 49.3. The molecule has 0 spiro atoms. The highest BCUT2D eigenvalue weighted by atomic mass is 19.3. The first-order chi connectivity index (χ1) is 9.79. The van der Waals surface area contributed by atoms with Crippen molar-refractivity contribution in [2.45, 2.75) is 82.6 Å². The van der Waals surface area contributed by atoms with E-state index in [9.17, 15) is 18.3 Å². The second kappa shape index (κ2) is 5.12. The third-order valence-electron chi connectivity index (χ3n) is 6.26. The van der Waals surface area contributed by atoms with Gasteiger partial charge in [-0.05, 0) is 51.4 Å². The minimum absolute atomic E-state index is 0.0150. The fourth-order valence-electron chi connectivity index (χ4n) is 4.29. The van der Waals surface area contributed by atoms with Crippen LogP contribution in [0.5, 0.6) is 0 Å². The van der Waals surface area contributed by atoms with Crippen molar-refractivity contribution in [3.8, 4) is 0 Å². The molecule has 122 valence electrons. The summed E-state index contributed by atoms with van der Waals surface area (Å²) in [5, 5.41) is 9.47. The lowest BCUT2D eigenvalue weighted by Crippen LogP contribution is -2.64. The largest absolute Gasteiger partial charge is 0.393 e. The molecule has 0 heterocycles. The third-order valence-corrected chi connectivity index (χ3v) is 6.26. The van der Waals surface area contributed by atoms with Gasteiger partial charge in [0, 0.05) is 10.8 Å². The van der Waals surface area contributed by atoms with Gasteiger partial charge in [0.2, 0.25) is 0 Å². The first-order valence-corrected chi connectivity index (χ1v) is 8.11. The van der Waals surface area contributed by atoms with E-state index in [0.717, 1.165) is 12.8 Å². The molecular weight excluding hydrogens is 281 g/mol. The van der Waals surface area contributed by atoms with Gasteiger partial charge in [0.25, 0.3) is 5.92 Å². The second-order valence-corrected chi connectivity index (χ2v) is 7.65. The van der Waals surface area contributed by atoms with Gasteiger partial charge in [0.15, 0.2) is 6.17 Å². The maximum Gasteiger partial charge on any atom is 0.284 e. The first kappa shape index (κ1) is 15.6. The van der Waals surface area contributed by atoms with Gasteiger partial charge >= 0.3 is 0 Å². The summed E-state index contributed by atoms with van der Waals surface area (Å²) in [4.78, 5) is 0. The zero-order chi connectivity index (χ0) is 15.3. The Bertz CT molecular complexity index is 383. The summed E-state index contributed by atoms with van der Waals surface area (Å²) in [7, 11) is 0. The minimum Gasteiger partial charge on any atom is -0.393 e. The molecule has 0 aromatic rings. The van der Waals surface area contributed by atoms with Crippen LogP contribution in [0, 0.1) is 10.8 Å². The summed E-state index contributed by atoms with van der Waals surface area (Å²) < 4.78 is 48.9. The Hall–Kier alpha value is -0.290. The molecule has 4 rings (SSSR count). The molecule has 4 aliphatic rings. The molecule has 0 amide bonds. The first-order valence-electron chi connectivity index (χ1n) is 8.11. The van der Waals surface area contributed by atoms with Gasteiger partial charge in [0.05, 0.1) is 18.8 Å². The van der Waals surface area contributed by atoms with Gasteiger partial charge in [-0.3, -0.25) is 0 Å². The van der Waals surface area contributed by atoms with Crippen LogP contribution in [0.4, 0.5) is 13.2 Å². The van der Waals surface area contributed by atoms with Crippen LogP contribution < -0.4 is 0 Å². The molecule has 1 atom stereocenters. The van der Waals surface area contributed by atoms with E-state index in [1.807, 2.05) is 0 Å². The standard InChI is InChI=1S/C16H25F3O2/c1-14-6-8-15(9-7-14,13(17)16(14,18)19)10-21-12-4-2-11(20)3-5-12/h11-13,20H,2-10H2,1H3. The molecule has 0 aromatic carbocycles. The zero-order valence-corrected chi connectivity index (χ0v) is 12.6. The molecule has 5 heteroatoms. The summed E-state index contributed by atoms with van der Waals surface area (Å²) in [6.45, 7) is 1.62. The van der Waals surface area contributed by atoms with Gasteiger partial charge in [-0.2, -0.15) is 0 Å². The van der Waals surface area contributed by atoms with Crippen molar-refractivity contribution < 1.29 is 23.0 Å². The highest BCUT2D eigenvalue weighted by Gasteiger charge is 2.69. The van der Waals surface area contributed by atoms with Crippen molar-refractivity contribution in [2.24, 2.45) is 10.8 Å². The van der Waals surface area contributed by atoms with Crippen LogP contribution in [0.25, 0.3) is 0 Å². The summed E-state index contributed by atoms with van der Waals surface area (Å²) in [5.41, 5.74) is -2.18. The molecule has 0 aliphatic heterocycles. The highest BCUT2D eigenvalue weighted by Crippen LogP contribution is 2.64. The molecule has 2 nitrogen and oxygen atoms in total. The zero-order valence-electron chi connectivity index (χ0n) is 12.6. The SMILES string of the molecule is CC12CCC(COC3CCC(O)CC3)(CC1)C(F)C2(F)F. The lowest BCUT2D eigenvalue weighted by atomic mass is 9.51. The van der Waals surface area contributed by atoms with Gasteiger partial charge in [0.1, 0.15) is 0 Å². The van der Waals surface area contributed by atoms with E-state index in [2.05, 4.69) is 0 Å². The van der Waals surface area contributed by atoms with Crippen LogP contribution >= 0.6 is 0 Å². The van der Waals surface area contributed by atoms with Crippen LogP contribution in [-0.4, -0.2) is 36.0 Å². The van der Waals surface area contributed by atoms with E-state index in [1.54, 1.807) is 0 Å². The monoisotopic (exact) mass is 306 g/mol. The third kappa shape index (κ3) is 2.40. The van der Waals surface area contributed by atoms with Gasteiger partial charge < -0.3 is 9.84 Å². The average Bonchev–Trinajstić information content (AvgIpc) is 2.46. The number of aliphatic hydroxyl groups is 1. The predicted molar refractivity (Wildman–Crippen MR) is 73.1 cm³/mol. The van der Waals surface area contributed by atoms with Crippen LogP contribution in [-0.2, 0) is 4.74 Å². The Balaban J connectivity index is 1.65. The van der Waals surface area contributed by atoms with Crippen molar-refractivity contribution in [3.05, 3.63) is 0 Å². The van der Waals surface area contributed by atoms with Crippen molar-refractivity contribution >= 4 is 0 Å². The number of alkyl halides is 3. The number of halogens is 3. The van der Waals surface area contributed by atoms with E-state index in [4.69, 9.17) is 4.74 Å². The van der Waals surface area contributed by atoms with E-state index >= 15 is 0 Å². The lowest BCUT2D eigenvalue weighted by Gasteiger charge is -2.58. The summed E-state index contributed by atoms with van der Waals surface area (Å²) in [6.07, 6.45) is 2.23. The molecule has 1 N–H and O–H groups in total. The minimum atomic E-state index is -3.24. The smallest absolute Gasteiger partial charge is 0.284 e. The molecule has 4 saturated carbocycles. The molecule has 2 bridgehead atoms. The molecule has 0 saturated heterocycles. The van der Waals surface area contributed by atoms with Crippen molar-refractivity contribution in [2.75, 3.05) is 6.61 Å². The highest BCUT2D eigenvalue weighted by molar-refractivity contribution is 5.12. The molecule has 0 radical (unpaired) electrons. The summed E-state index contributed by atoms with van der Waals surface area (Å²) in [6, 6.07) is 0. The number of aliphatic hydroxyl groups excluding tert-OH is 1. The van der Waals surface area contributed by atoms with Gasteiger partial charge in [-0.1, -0.05) is 6.92 Å². The van der Waals surface area contributed by atoms with E-state index in [1.165, 1.54) is 6.92 Å². The fourth-order valence-corrected chi connectivity index (χ4v) is 4.29. The topological polar surface area (TPSA) is 29.5 Å². The Morgan fingerprint density at radius 1 is 1.05 bits per heavy atom. The number of ether oxygens (including phenoxy) is 1. The molecule has 21 heavy (non-hydrogen) atoms. The predicted octanol–water partition coefficient (Wildman–Crippen LogP) is 3.86. The number of hydrogen-bond acceptors (Lipinski definition) is 2. The van der Waals surface area contributed by atoms with Crippen LogP contribution in [0.15, 0.2) is 0 Å². The summed E-state index contributed by atoms with van der Waals surface area (Å²) >= 11 is 0. The van der Waals surface area contributed by atoms with Crippen LogP contribution in [0.2, 0.25) is 0 Å². The lowest BCUT2D eigenvalue weighted by molar-refractivity contribution is -0.274. The second-order valence-electron chi connectivity index (χ2n) is 7.65. The molecular formula is C16H25F3O2. The Kier molecular flexibility index (Phi) is 3.80. The Morgan fingerprint density at radius 2 is 1.62 bits per heavy atom. The van der Waals surface area contributed by atoms with Crippen molar-refractivity contribution in [3.63, 3.8) is 0 Å². The van der Waals surface area contributed by atoms with Crippen LogP contribution in [0.1, 0.15) is 58.3 Å². The van der Waals surface area contributed by atoms with Crippen molar-refractivity contribution in [1.29, 1.82) is 0 Å². The molecule has 4 fully saturated rings. The average molecular weight is 306 g/mol. The summed E-state index contributed by atoms with van der Waals surface area (Å²) in [5.74, 6) is -3.24. The Morgan fingerprint density at radius 3 is 2.19 bits per heavy atom. The van der Waals surface area contributed by atoms with E-state index < -0.39 is 22.9 Å². The van der Waals surface area contributed by atoms with Crippen LogP contribution in [0.3, 0.4) is 0 Å².